The monoisotopic (exact) mass is 240 g/mol. The molecule has 2 N–H and O–H groups in total. The lowest BCUT2D eigenvalue weighted by molar-refractivity contribution is 0.408. The summed E-state index contributed by atoms with van der Waals surface area (Å²) in [6, 6.07) is 0. The second kappa shape index (κ2) is 6.30. The van der Waals surface area contributed by atoms with Gasteiger partial charge in [0.05, 0.1) is 5.69 Å². The van der Waals surface area contributed by atoms with E-state index in [2.05, 4.69) is 16.7 Å². The number of nitrogens with zero attached hydrogens (tertiary/aromatic N) is 1. The molecule has 4 heteroatoms. The summed E-state index contributed by atoms with van der Waals surface area (Å²) < 4.78 is 5.51. The molecule has 0 saturated carbocycles. The van der Waals surface area contributed by atoms with Gasteiger partial charge in [0.25, 0.3) is 0 Å². The van der Waals surface area contributed by atoms with E-state index in [1.807, 2.05) is 0 Å². The van der Waals surface area contributed by atoms with Gasteiger partial charge in [0.1, 0.15) is 6.26 Å². The average Bonchev–Trinajstić information content (AvgIpc) is 2.75. The van der Waals surface area contributed by atoms with Crippen molar-refractivity contribution in [3.05, 3.63) is 17.8 Å². The summed E-state index contributed by atoms with van der Waals surface area (Å²) in [5, 5.41) is 0. The van der Waals surface area contributed by atoms with E-state index >= 15 is 0 Å². The molecule has 0 atom stereocenters. The molecule has 0 radical (unpaired) electrons. The van der Waals surface area contributed by atoms with Gasteiger partial charge in [0, 0.05) is 6.42 Å². The van der Waals surface area contributed by atoms with Gasteiger partial charge < -0.3 is 10.2 Å². The van der Waals surface area contributed by atoms with Crippen molar-refractivity contribution in [2.75, 3.05) is 18.1 Å². The molecule has 16 heavy (non-hydrogen) atoms. The predicted molar refractivity (Wildman–Crippen MR) is 67.6 cm³/mol. The Morgan fingerprint density at radius 1 is 1.44 bits per heavy atom. The molecule has 1 aliphatic rings. The summed E-state index contributed by atoms with van der Waals surface area (Å²) >= 11 is 2.06. The Morgan fingerprint density at radius 2 is 2.25 bits per heavy atom. The first kappa shape index (κ1) is 12.0. The van der Waals surface area contributed by atoms with Crippen LogP contribution in [-0.2, 0) is 12.8 Å². The van der Waals surface area contributed by atoms with Crippen LogP contribution in [0.1, 0.15) is 30.8 Å². The number of thioether (sulfide) groups is 1. The van der Waals surface area contributed by atoms with Crippen LogP contribution in [0.3, 0.4) is 0 Å². The van der Waals surface area contributed by atoms with Crippen molar-refractivity contribution in [3.63, 3.8) is 0 Å². The molecule has 1 aliphatic heterocycles. The zero-order chi connectivity index (χ0) is 11.2. The summed E-state index contributed by atoms with van der Waals surface area (Å²) in [4.78, 5) is 4.51. The van der Waals surface area contributed by atoms with Crippen LogP contribution in [0, 0.1) is 5.92 Å². The fraction of sp³-hybridized carbons (Fsp3) is 0.750. The number of oxazole rings is 1. The quantitative estimate of drug-likeness (QED) is 0.857. The molecule has 1 saturated heterocycles. The van der Waals surface area contributed by atoms with E-state index in [9.17, 15) is 0 Å². The van der Waals surface area contributed by atoms with Crippen molar-refractivity contribution in [1.29, 1.82) is 0 Å². The molecule has 2 heterocycles. The summed E-state index contributed by atoms with van der Waals surface area (Å²) in [6.45, 7) is 0.724. The third-order valence-corrected chi connectivity index (χ3v) is 4.09. The SMILES string of the molecule is NCCCc1coc(CC2CCSCC2)n1. The fourth-order valence-corrected chi connectivity index (χ4v) is 3.24. The second-order valence-corrected chi connectivity index (χ2v) is 5.61. The molecule has 0 spiro atoms. The highest BCUT2D eigenvalue weighted by atomic mass is 32.2. The van der Waals surface area contributed by atoms with Gasteiger partial charge in [-0.05, 0) is 49.7 Å². The molecule has 1 aromatic rings. The Kier molecular flexibility index (Phi) is 4.72. The van der Waals surface area contributed by atoms with Crippen LogP contribution >= 0.6 is 11.8 Å². The Bertz CT molecular complexity index is 308. The predicted octanol–water partition coefficient (Wildman–Crippen LogP) is 2.25. The topological polar surface area (TPSA) is 52.0 Å². The van der Waals surface area contributed by atoms with Gasteiger partial charge in [-0.1, -0.05) is 0 Å². The van der Waals surface area contributed by atoms with E-state index in [1.54, 1.807) is 6.26 Å². The molecule has 1 aromatic heterocycles. The minimum atomic E-state index is 0.724. The molecule has 0 aromatic carbocycles. The van der Waals surface area contributed by atoms with Gasteiger partial charge in [-0.3, -0.25) is 0 Å². The molecule has 0 aliphatic carbocycles. The van der Waals surface area contributed by atoms with Gasteiger partial charge in [-0.15, -0.1) is 0 Å². The first-order chi connectivity index (χ1) is 7.88. The highest BCUT2D eigenvalue weighted by Crippen LogP contribution is 2.25. The number of rotatable bonds is 5. The van der Waals surface area contributed by atoms with Crippen LogP contribution in [0.5, 0.6) is 0 Å². The first-order valence-corrected chi connectivity index (χ1v) is 7.25. The molecule has 2 rings (SSSR count). The van der Waals surface area contributed by atoms with E-state index in [1.165, 1.54) is 24.3 Å². The molecule has 0 unspecified atom stereocenters. The van der Waals surface area contributed by atoms with Crippen molar-refractivity contribution in [3.8, 4) is 0 Å². The van der Waals surface area contributed by atoms with E-state index in [4.69, 9.17) is 10.2 Å². The number of nitrogens with two attached hydrogens (primary N) is 1. The molecule has 1 fully saturated rings. The molecule has 90 valence electrons. The van der Waals surface area contributed by atoms with Crippen molar-refractivity contribution in [2.24, 2.45) is 11.7 Å². The minimum Gasteiger partial charge on any atom is -0.449 e. The standard InChI is InChI=1S/C12H20N2OS/c13-5-1-2-11-9-15-12(14-11)8-10-3-6-16-7-4-10/h9-10H,1-8,13H2. The molecule has 3 nitrogen and oxygen atoms in total. The maximum Gasteiger partial charge on any atom is 0.194 e. The lowest BCUT2D eigenvalue weighted by Gasteiger charge is -2.19. The number of aromatic nitrogens is 1. The third kappa shape index (κ3) is 3.52. The largest absolute Gasteiger partial charge is 0.449 e. The summed E-state index contributed by atoms with van der Waals surface area (Å²) in [7, 11) is 0. The van der Waals surface area contributed by atoms with E-state index in [-0.39, 0.29) is 0 Å². The van der Waals surface area contributed by atoms with E-state index in [0.29, 0.717) is 0 Å². The Balaban J connectivity index is 1.81. The van der Waals surface area contributed by atoms with Crippen molar-refractivity contribution in [2.45, 2.75) is 32.1 Å². The minimum absolute atomic E-state index is 0.724. The van der Waals surface area contributed by atoms with E-state index < -0.39 is 0 Å². The van der Waals surface area contributed by atoms with Gasteiger partial charge >= 0.3 is 0 Å². The first-order valence-electron chi connectivity index (χ1n) is 6.09. The Labute approximate surface area is 101 Å². The Morgan fingerprint density at radius 3 is 3.00 bits per heavy atom. The van der Waals surface area contributed by atoms with Crippen LogP contribution in [0.4, 0.5) is 0 Å². The highest BCUT2D eigenvalue weighted by Gasteiger charge is 2.16. The third-order valence-electron chi connectivity index (χ3n) is 3.04. The van der Waals surface area contributed by atoms with E-state index in [0.717, 1.165) is 43.3 Å². The van der Waals surface area contributed by atoms with Crippen LogP contribution in [0.15, 0.2) is 10.7 Å². The van der Waals surface area contributed by atoms with Crippen LogP contribution < -0.4 is 5.73 Å². The molecule has 0 amide bonds. The van der Waals surface area contributed by atoms with Crippen molar-refractivity contribution < 1.29 is 4.42 Å². The molecular formula is C12H20N2OS. The molecular weight excluding hydrogens is 220 g/mol. The highest BCUT2D eigenvalue weighted by molar-refractivity contribution is 7.99. The zero-order valence-electron chi connectivity index (χ0n) is 9.65. The lowest BCUT2D eigenvalue weighted by atomic mass is 9.99. The zero-order valence-corrected chi connectivity index (χ0v) is 10.5. The molecule has 0 bridgehead atoms. The van der Waals surface area contributed by atoms with Gasteiger partial charge in [0.15, 0.2) is 5.89 Å². The van der Waals surface area contributed by atoms with Gasteiger partial charge in [0.2, 0.25) is 0 Å². The number of hydrogen-bond acceptors (Lipinski definition) is 4. The van der Waals surface area contributed by atoms with Crippen LogP contribution in [-0.4, -0.2) is 23.0 Å². The van der Waals surface area contributed by atoms with Crippen LogP contribution in [0.25, 0.3) is 0 Å². The van der Waals surface area contributed by atoms with Crippen molar-refractivity contribution >= 4 is 11.8 Å². The summed E-state index contributed by atoms with van der Waals surface area (Å²) in [5.74, 6) is 4.29. The van der Waals surface area contributed by atoms with Crippen LogP contribution in [0.2, 0.25) is 0 Å². The lowest BCUT2D eigenvalue weighted by Crippen LogP contribution is -2.12. The summed E-state index contributed by atoms with van der Waals surface area (Å²) in [5.41, 5.74) is 6.53. The second-order valence-electron chi connectivity index (χ2n) is 4.38. The van der Waals surface area contributed by atoms with Gasteiger partial charge in [-0.25, -0.2) is 4.98 Å². The maximum absolute atomic E-state index is 5.51. The number of aryl methyl sites for hydroxylation is 1. The number of hydrogen-bond donors (Lipinski definition) is 1. The van der Waals surface area contributed by atoms with Gasteiger partial charge in [-0.2, -0.15) is 11.8 Å². The fourth-order valence-electron chi connectivity index (χ4n) is 2.04. The summed E-state index contributed by atoms with van der Waals surface area (Å²) in [6.07, 6.45) is 7.37. The van der Waals surface area contributed by atoms with Crippen molar-refractivity contribution in [1.82, 2.24) is 4.98 Å². The average molecular weight is 240 g/mol. The smallest absolute Gasteiger partial charge is 0.194 e. The Hall–Kier alpha value is -0.480. The maximum atomic E-state index is 5.51. The normalized spacial score (nSPS) is 17.8.